The van der Waals surface area contributed by atoms with Gasteiger partial charge in [0.2, 0.25) is 0 Å². The molecule has 1 aromatic heterocycles. The highest BCUT2D eigenvalue weighted by Gasteiger charge is 2.43. The molecule has 1 aliphatic rings. The molecule has 1 aliphatic heterocycles. The third-order valence-corrected chi connectivity index (χ3v) is 6.56. The lowest BCUT2D eigenvalue weighted by atomic mass is 9.87. The Kier molecular flexibility index (Phi) is 9.96. The van der Waals surface area contributed by atoms with E-state index in [1.54, 1.807) is 12.0 Å². The number of allylic oxidation sites excluding steroid dienone is 1. The normalized spacial score (nSPS) is 18.8. The molecule has 3 rings (SSSR count). The van der Waals surface area contributed by atoms with Crippen LogP contribution in [0.2, 0.25) is 0 Å². The molecular weight excluding hydrogens is 489 g/mol. The molecule has 1 aromatic carbocycles. The van der Waals surface area contributed by atoms with Gasteiger partial charge in [-0.25, -0.2) is 14.0 Å². The number of benzene rings is 1. The first-order valence-electron chi connectivity index (χ1n) is 13.0. The van der Waals surface area contributed by atoms with Crippen molar-refractivity contribution in [3.63, 3.8) is 0 Å². The number of hydrogen-bond donors (Lipinski definition) is 2. The molecule has 3 unspecified atom stereocenters. The van der Waals surface area contributed by atoms with Crippen LogP contribution in [0.15, 0.2) is 42.4 Å². The minimum absolute atomic E-state index is 0.144. The van der Waals surface area contributed by atoms with Gasteiger partial charge in [0.1, 0.15) is 12.2 Å². The van der Waals surface area contributed by atoms with Gasteiger partial charge >= 0.3 is 12.2 Å². The number of ether oxygens (including phenoxy) is 3. The van der Waals surface area contributed by atoms with E-state index in [4.69, 9.17) is 14.2 Å². The molecule has 0 radical (unpaired) electrons. The molecule has 0 spiro atoms. The first-order valence-corrected chi connectivity index (χ1v) is 13.0. The number of H-pyrrole nitrogens is 1. The Bertz CT molecular complexity index is 1110. The number of nitrogens with one attached hydrogen (secondary N) is 2. The Morgan fingerprint density at radius 3 is 2.58 bits per heavy atom. The van der Waals surface area contributed by atoms with Crippen molar-refractivity contribution in [2.75, 3.05) is 20.2 Å². The highest BCUT2D eigenvalue weighted by atomic mass is 19.1. The molecule has 0 saturated carbocycles. The molecule has 3 atom stereocenters. The van der Waals surface area contributed by atoms with Crippen LogP contribution in [0.5, 0.6) is 0 Å². The van der Waals surface area contributed by atoms with Crippen LogP contribution >= 0.6 is 0 Å². The number of halogens is 1. The van der Waals surface area contributed by atoms with Gasteiger partial charge in [-0.15, -0.1) is 0 Å². The van der Waals surface area contributed by atoms with Crippen LogP contribution in [-0.2, 0) is 27.2 Å². The largest absolute Gasteiger partial charge is 0.445 e. The SMILES string of the molecule is CCc1c(C(CNC(=O)OCc2ccccc2)C2CC(OC)CN2C(=O)OC(C)(C)C)c[nH]c1C=C(C)F. The molecule has 0 aliphatic carbocycles. The topological polar surface area (TPSA) is 92.9 Å². The number of likely N-dealkylation sites (tertiary alicyclic amines) is 1. The van der Waals surface area contributed by atoms with Crippen LogP contribution in [0.25, 0.3) is 6.08 Å². The highest BCUT2D eigenvalue weighted by molar-refractivity contribution is 5.70. The Morgan fingerprint density at radius 1 is 1.26 bits per heavy atom. The minimum Gasteiger partial charge on any atom is -0.445 e. The first kappa shape index (κ1) is 29.2. The van der Waals surface area contributed by atoms with Gasteiger partial charge in [-0.05, 0) is 63.3 Å². The van der Waals surface area contributed by atoms with Crippen molar-refractivity contribution in [1.29, 1.82) is 0 Å². The van der Waals surface area contributed by atoms with E-state index < -0.39 is 17.8 Å². The van der Waals surface area contributed by atoms with E-state index in [2.05, 4.69) is 10.3 Å². The lowest BCUT2D eigenvalue weighted by Crippen LogP contribution is -2.45. The standard InChI is InChI=1S/C29H40FN3O5/c1-7-22-23(15-31-25(22)13-19(2)30)24(16-32-27(34)37-18-20-11-9-8-10-12-20)26-14-21(36-6)17-33(26)28(35)38-29(3,4)5/h8-13,15,21,24,26,31H,7,14,16-18H2,1-6H3,(H,32,34). The van der Waals surface area contributed by atoms with Crippen LogP contribution in [0.3, 0.4) is 0 Å². The Labute approximate surface area is 224 Å². The van der Waals surface area contributed by atoms with Crippen molar-refractivity contribution in [3.8, 4) is 0 Å². The van der Waals surface area contributed by atoms with Crippen LogP contribution in [-0.4, -0.2) is 60.0 Å². The predicted octanol–water partition coefficient (Wildman–Crippen LogP) is 5.94. The highest BCUT2D eigenvalue weighted by Crippen LogP contribution is 2.36. The Hall–Kier alpha value is -3.33. The van der Waals surface area contributed by atoms with Crippen LogP contribution in [0.1, 0.15) is 69.3 Å². The van der Waals surface area contributed by atoms with Gasteiger partial charge in [0, 0.05) is 37.5 Å². The number of aromatic amines is 1. The second kappa shape index (κ2) is 13.0. The molecule has 0 bridgehead atoms. The molecular formula is C29H40FN3O5. The summed E-state index contributed by atoms with van der Waals surface area (Å²) in [6.45, 7) is 9.58. The molecule has 2 heterocycles. The zero-order valence-electron chi connectivity index (χ0n) is 23.2. The fourth-order valence-electron chi connectivity index (χ4n) is 4.87. The van der Waals surface area contributed by atoms with E-state index >= 15 is 0 Å². The van der Waals surface area contributed by atoms with E-state index in [-0.39, 0.29) is 37.0 Å². The summed E-state index contributed by atoms with van der Waals surface area (Å²) >= 11 is 0. The molecule has 1 saturated heterocycles. The number of aromatic nitrogens is 1. The van der Waals surface area contributed by atoms with Crippen molar-refractivity contribution >= 4 is 18.3 Å². The maximum Gasteiger partial charge on any atom is 0.410 e. The number of hydrogen-bond acceptors (Lipinski definition) is 5. The summed E-state index contributed by atoms with van der Waals surface area (Å²) in [6.07, 6.45) is 3.31. The van der Waals surface area contributed by atoms with Gasteiger partial charge in [-0.3, -0.25) is 0 Å². The van der Waals surface area contributed by atoms with Gasteiger partial charge in [0.25, 0.3) is 0 Å². The molecule has 1 fully saturated rings. The summed E-state index contributed by atoms with van der Waals surface area (Å²) in [7, 11) is 1.62. The maximum absolute atomic E-state index is 13.8. The van der Waals surface area contributed by atoms with Crippen LogP contribution in [0, 0.1) is 0 Å². The van der Waals surface area contributed by atoms with Crippen LogP contribution < -0.4 is 5.32 Å². The fourth-order valence-corrected chi connectivity index (χ4v) is 4.87. The zero-order valence-corrected chi connectivity index (χ0v) is 23.2. The van der Waals surface area contributed by atoms with Gasteiger partial charge in [-0.1, -0.05) is 37.3 Å². The lowest BCUT2D eigenvalue weighted by molar-refractivity contribution is 0.0179. The number of amides is 2. The van der Waals surface area contributed by atoms with Gasteiger partial charge < -0.3 is 29.4 Å². The molecule has 2 amide bonds. The number of nitrogens with zero attached hydrogens (tertiary/aromatic N) is 1. The minimum atomic E-state index is -0.666. The maximum atomic E-state index is 13.8. The van der Waals surface area contributed by atoms with Crippen molar-refractivity contribution in [3.05, 3.63) is 64.7 Å². The summed E-state index contributed by atoms with van der Waals surface area (Å²) < 4.78 is 30.6. The zero-order chi connectivity index (χ0) is 27.9. The van der Waals surface area contributed by atoms with Gasteiger partial charge in [0.05, 0.1) is 18.5 Å². The molecule has 2 N–H and O–H groups in total. The second-order valence-corrected chi connectivity index (χ2v) is 10.6. The van der Waals surface area contributed by atoms with Gasteiger partial charge in [0.15, 0.2) is 0 Å². The average molecular weight is 530 g/mol. The van der Waals surface area contributed by atoms with Crippen molar-refractivity contribution in [2.24, 2.45) is 0 Å². The van der Waals surface area contributed by atoms with E-state index in [0.29, 0.717) is 25.1 Å². The number of rotatable bonds is 9. The Balaban J connectivity index is 1.89. The quantitative estimate of drug-likeness (QED) is 0.419. The van der Waals surface area contributed by atoms with Crippen molar-refractivity contribution < 1.29 is 28.2 Å². The summed E-state index contributed by atoms with van der Waals surface area (Å²) in [6, 6.07) is 9.10. The molecule has 208 valence electrons. The smallest absolute Gasteiger partial charge is 0.410 e. The molecule has 9 heteroatoms. The predicted molar refractivity (Wildman–Crippen MR) is 144 cm³/mol. The van der Waals surface area contributed by atoms with E-state index in [0.717, 1.165) is 16.7 Å². The van der Waals surface area contributed by atoms with Gasteiger partial charge in [-0.2, -0.15) is 0 Å². The third-order valence-electron chi connectivity index (χ3n) is 6.56. The number of alkyl carbamates (subject to hydrolysis) is 1. The lowest BCUT2D eigenvalue weighted by Gasteiger charge is -2.33. The summed E-state index contributed by atoms with van der Waals surface area (Å²) in [4.78, 5) is 30.8. The Morgan fingerprint density at radius 2 is 1.97 bits per heavy atom. The summed E-state index contributed by atoms with van der Waals surface area (Å²) in [5.41, 5.74) is 2.71. The van der Waals surface area contributed by atoms with E-state index in [1.165, 1.54) is 13.0 Å². The van der Waals surface area contributed by atoms with Crippen molar-refractivity contribution in [2.45, 2.75) is 77.7 Å². The number of carbonyl (C=O) groups is 2. The molecule has 38 heavy (non-hydrogen) atoms. The average Bonchev–Trinajstić information content (AvgIpc) is 3.46. The number of carbonyl (C=O) groups excluding carboxylic acids is 2. The second-order valence-electron chi connectivity index (χ2n) is 10.6. The monoisotopic (exact) mass is 529 g/mol. The first-order chi connectivity index (χ1) is 18.0. The molecule has 2 aromatic rings. The molecule has 8 nitrogen and oxygen atoms in total. The fraction of sp³-hybridized carbons (Fsp3) is 0.517. The van der Waals surface area contributed by atoms with Crippen molar-refractivity contribution in [1.82, 2.24) is 15.2 Å². The summed E-state index contributed by atoms with van der Waals surface area (Å²) in [5, 5.41) is 2.89. The van der Waals surface area contributed by atoms with E-state index in [9.17, 15) is 14.0 Å². The van der Waals surface area contributed by atoms with Crippen LogP contribution in [0.4, 0.5) is 14.0 Å². The van der Waals surface area contributed by atoms with E-state index in [1.807, 2.05) is 64.2 Å². The summed E-state index contributed by atoms with van der Waals surface area (Å²) in [5.74, 6) is -0.636. The third kappa shape index (κ3) is 7.84. The number of methoxy groups -OCH3 is 1.